The smallest absolute Gasteiger partial charge is 0.328 e. The van der Waals surface area contributed by atoms with Crippen molar-refractivity contribution >= 4 is 23.4 Å². The Balaban J connectivity index is 1.62. The summed E-state index contributed by atoms with van der Waals surface area (Å²) in [5.41, 5.74) is 0.660. The SMILES string of the molecule is CO[C@@H]1/C=C/C=C/C=C/[C@@H](C)C[C@@H](C)C(=O)[C@H](OC)[C@H](O)/C(C)=C/[C@@H](C)CC[C@@H]([C@H](C)C[C@@H]2CC[C@@H](OC(C)C)[C@H](OC)C2)COC(=O)[C@@H]2CCCCN2C(=O)C(=O)[C@]2(O)O[C@@H](CC[C@H]2C)C1. The van der Waals surface area contributed by atoms with Crippen molar-refractivity contribution in [2.75, 3.05) is 34.5 Å². The van der Waals surface area contributed by atoms with E-state index in [4.69, 9.17) is 28.4 Å². The fourth-order valence-electron chi connectivity index (χ4n) is 10.8. The van der Waals surface area contributed by atoms with Gasteiger partial charge in [0.25, 0.3) is 11.7 Å². The highest BCUT2D eigenvalue weighted by Crippen LogP contribution is 2.38. The molecule has 13 heteroatoms. The molecule has 1 aliphatic carbocycles. The van der Waals surface area contributed by atoms with E-state index >= 15 is 0 Å². The summed E-state index contributed by atoms with van der Waals surface area (Å²) >= 11 is 0. The minimum absolute atomic E-state index is 0.00414. The third-order valence-electron chi connectivity index (χ3n) is 15.0. The van der Waals surface area contributed by atoms with Crippen LogP contribution in [0.5, 0.6) is 0 Å². The quantitative estimate of drug-likeness (QED) is 0.136. The van der Waals surface area contributed by atoms with E-state index in [2.05, 4.69) is 13.8 Å². The third-order valence-corrected chi connectivity index (χ3v) is 15.0. The van der Waals surface area contributed by atoms with Gasteiger partial charge in [0.05, 0.1) is 37.1 Å². The van der Waals surface area contributed by atoms with Crippen LogP contribution in [0.25, 0.3) is 0 Å². The molecule has 0 radical (unpaired) electrons. The molecular weight excluding hydrogens is 855 g/mol. The van der Waals surface area contributed by atoms with Gasteiger partial charge in [-0.05, 0) is 133 Å². The number of piperidine rings is 1. The molecule has 0 aromatic carbocycles. The summed E-state index contributed by atoms with van der Waals surface area (Å²) in [6, 6.07) is -0.974. The van der Waals surface area contributed by atoms with Crippen molar-refractivity contribution < 1.29 is 57.8 Å². The normalized spacial score (nSPS) is 39.3. The highest BCUT2D eigenvalue weighted by Gasteiger charge is 2.53. The number of esters is 1. The molecule has 3 aliphatic heterocycles. The van der Waals surface area contributed by atoms with Gasteiger partial charge in [-0.1, -0.05) is 77.2 Å². The molecule has 1 amide bonds. The number of ketones is 2. The number of nitrogens with zero attached hydrogens (tertiary/aromatic N) is 1. The van der Waals surface area contributed by atoms with Crippen LogP contribution in [-0.2, 0) is 47.6 Å². The van der Waals surface area contributed by atoms with Gasteiger partial charge >= 0.3 is 5.97 Å². The molecule has 3 fully saturated rings. The standard InChI is InChI=1S/C54H87NO12/c1-34(2)66-46-26-23-41(31-47(46)63-10)30-37(5)42-24-21-36(4)29-39(7)49(57)50(64-11)48(56)38(6)28-35(3)18-14-12-13-15-19-43(62-9)32-44-25-22-40(8)54(61,67-44)51(58)52(59)55-27-17-16-20-45(55)53(60)65-33-42/h12-15,18-19,29,34-38,40-47,49-50,57,61H,16-17,20-28,30-33H2,1-11H3/b13-12+,18-14+,19-15+,39-29+/t35-,36+,37-,38-,40-,41+,42-,43-,44+,45+,46-,47-,49-,50+,54-/m1/s1. The number of methoxy groups -OCH3 is 3. The lowest BCUT2D eigenvalue weighted by atomic mass is 9.76. The zero-order valence-corrected chi connectivity index (χ0v) is 42.7. The second kappa shape index (κ2) is 27.4. The molecule has 2 bridgehead atoms. The summed E-state index contributed by atoms with van der Waals surface area (Å²) < 4.78 is 35.8. The van der Waals surface area contributed by atoms with E-state index in [1.807, 2.05) is 77.2 Å². The van der Waals surface area contributed by atoms with Gasteiger partial charge in [-0.2, -0.15) is 0 Å². The summed E-state index contributed by atoms with van der Waals surface area (Å²) in [6.07, 6.45) is 19.3. The Bertz CT molecular complexity index is 1710. The van der Waals surface area contributed by atoms with E-state index in [0.717, 1.165) is 32.1 Å². The second-order valence-corrected chi connectivity index (χ2v) is 20.8. The minimum atomic E-state index is -2.36. The summed E-state index contributed by atoms with van der Waals surface area (Å²) in [6.45, 7) is 16.2. The number of cyclic esters (lactones) is 1. The molecule has 2 N–H and O–H groups in total. The van der Waals surface area contributed by atoms with Crippen LogP contribution < -0.4 is 0 Å². The number of rotatable bonds is 8. The monoisotopic (exact) mass is 942 g/mol. The first kappa shape index (κ1) is 56.5. The van der Waals surface area contributed by atoms with Gasteiger partial charge in [0.2, 0.25) is 5.79 Å². The van der Waals surface area contributed by atoms with Crippen LogP contribution in [0.1, 0.15) is 139 Å². The van der Waals surface area contributed by atoms with Gasteiger partial charge in [0, 0.05) is 46.1 Å². The van der Waals surface area contributed by atoms with Gasteiger partial charge in [0.15, 0.2) is 5.78 Å². The maximum absolute atomic E-state index is 14.2. The Kier molecular flexibility index (Phi) is 23.1. The van der Waals surface area contributed by atoms with Gasteiger partial charge in [-0.3, -0.25) is 14.4 Å². The fourth-order valence-corrected chi connectivity index (χ4v) is 10.8. The average Bonchev–Trinajstić information content (AvgIpc) is 3.30. The molecule has 2 saturated heterocycles. The van der Waals surface area contributed by atoms with E-state index in [-0.39, 0.29) is 66.8 Å². The number of allylic oxidation sites excluding steroid dienone is 6. The minimum Gasteiger partial charge on any atom is -0.464 e. The van der Waals surface area contributed by atoms with Gasteiger partial charge in [-0.25, -0.2) is 4.79 Å². The topological polar surface area (TPSA) is 167 Å². The predicted molar refractivity (Wildman–Crippen MR) is 259 cm³/mol. The van der Waals surface area contributed by atoms with Gasteiger partial charge in [0.1, 0.15) is 18.2 Å². The first-order valence-corrected chi connectivity index (χ1v) is 25.4. The largest absolute Gasteiger partial charge is 0.464 e. The highest BCUT2D eigenvalue weighted by atomic mass is 16.6. The van der Waals surface area contributed by atoms with Crippen LogP contribution in [0.2, 0.25) is 0 Å². The van der Waals surface area contributed by atoms with Crippen molar-refractivity contribution in [3.05, 3.63) is 48.1 Å². The van der Waals surface area contributed by atoms with Crippen molar-refractivity contribution in [1.29, 1.82) is 0 Å². The van der Waals surface area contributed by atoms with Gasteiger partial charge < -0.3 is 43.5 Å². The molecule has 380 valence electrons. The molecule has 4 rings (SSSR count). The van der Waals surface area contributed by atoms with Crippen LogP contribution in [0.4, 0.5) is 0 Å². The number of fused-ring (bicyclic) bond motifs is 3. The number of Topliss-reactive ketones (excluding diaryl/α,β-unsaturated/α-hetero) is 2. The van der Waals surface area contributed by atoms with Crippen molar-refractivity contribution in [3.63, 3.8) is 0 Å². The van der Waals surface area contributed by atoms with Crippen molar-refractivity contribution in [2.24, 2.45) is 41.4 Å². The third kappa shape index (κ3) is 16.3. The number of hydrogen-bond donors (Lipinski definition) is 2. The number of ether oxygens (including phenoxy) is 6. The Hall–Kier alpha value is -3.04. The molecule has 13 nitrogen and oxygen atoms in total. The molecule has 0 unspecified atom stereocenters. The molecule has 0 aromatic rings. The molecule has 0 aromatic heterocycles. The van der Waals surface area contributed by atoms with E-state index in [1.54, 1.807) is 21.1 Å². The lowest BCUT2D eigenvalue weighted by Gasteiger charge is -2.42. The van der Waals surface area contributed by atoms with E-state index in [1.165, 1.54) is 12.0 Å². The lowest BCUT2D eigenvalue weighted by Crippen LogP contribution is -2.60. The molecule has 67 heavy (non-hydrogen) atoms. The molecule has 4 aliphatic rings. The lowest BCUT2D eigenvalue weighted by molar-refractivity contribution is -0.265. The summed E-state index contributed by atoms with van der Waals surface area (Å²) in [5.74, 6) is -5.45. The Morgan fingerprint density at radius 1 is 0.791 bits per heavy atom. The Morgan fingerprint density at radius 3 is 2.18 bits per heavy atom. The summed E-state index contributed by atoms with van der Waals surface area (Å²) in [5, 5.41) is 23.4. The second-order valence-electron chi connectivity index (χ2n) is 20.8. The highest BCUT2D eigenvalue weighted by molar-refractivity contribution is 6.39. The predicted octanol–water partition coefficient (Wildman–Crippen LogP) is 8.29. The zero-order chi connectivity index (χ0) is 49.4. The number of aliphatic hydroxyl groups is 2. The molecular formula is C54H87NO12. The summed E-state index contributed by atoms with van der Waals surface area (Å²) in [7, 11) is 4.79. The van der Waals surface area contributed by atoms with Crippen LogP contribution in [0.3, 0.4) is 0 Å². The first-order chi connectivity index (χ1) is 31.8. The Labute approximate surface area is 402 Å². The molecule has 15 atom stereocenters. The number of aliphatic hydroxyl groups excluding tert-OH is 1. The van der Waals surface area contributed by atoms with Crippen LogP contribution >= 0.6 is 0 Å². The van der Waals surface area contributed by atoms with Crippen LogP contribution in [-0.4, -0.2) is 128 Å². The number of carbonyl (C=O) groups is 4. The molecule has 3 heterocycles. The van der Waals surface area contributed by atoms with Crippen LogP contribution in [0.15, 0.2) is 48.1 Å². The fraction of sp³-hybridized carbons (Fsp3) is 0.778. The maximum atomic E-state index is 14.2. The zero-order valence-electron chi connectivity index (χ0n) is 42.7. The number of hydrogen-bond acceptors (Lipinski definition) is 12. The van der Waals surface area contributed by atoms with Crippen molar-refractivity contribution in [2.45, 2.75) is 193 Å². The van der Waals surface area contributed by atoms with E-state index < -0.39 is 59.8 Å². The summed E-state index contributed by atoms with van der Waals surface area (Å²) in [4.78, 5) is 57.4. The molecule has 0 spiro atoms. The van der Waals surface area contributed by atoms with Gasteiger partial charge in [-0.15, -0.1) is 0 Å². The first-order valence-electron chi connectivity index (χ1n) is 25.4. The maximum Gasteiger partial charge on any atom is 0.328 e. The van der Waals surface area contributed by atoms with Crippen molar-refractivity contribution in [1.82, 2.24) is 4.90 Å². The Morgan fingerprint density at radius 2 is 1.51 bits per heavy atom. The molecule has 1 saturated carbocycles. The number of carbonyl (C=O) groups excluding carboxylic acids is 4. The van der Waals surface area contributed by atoms with Crippen molar-refractivity contribution in [3.8, 4) is 0 Å². The number of amides is 1. The average molecular weight is 942 g/mol. The van der Waals surface area contributed by atoms with E-state index in [9.17, 15) is 29.4 Å². The van der Waals surface area contributed by atoms with Crippen LogP contribution in [0, 0.1) is 41.4 Å². The van der Waals surface area contributed by atoms with E-state index in [0.29, 0.717) is 62.9 Å².